The number of nitrogens with one attached hydrogen (secondary N) is 1. The van der Waals surface area contributed by atoms with Crippen LogP contribution in [0.3, 0.4) is 0 Å². The number of ether oxygens (including phenoxy) is 1. The molecule has 0 aliphatic carbocycles. The van der Waals surface area contributed by atoms with Crippen molar-refractivity contribution in [3.8, 4) is 0 Å². The van der Waals surface area contributed by atoms with Crippen LogP contribution in [0.1, 0.15) is 25.3 Å². The molecule has 1 saturated heterocycles. The van der Waals surface area contributed by atoms with Gasteiger partial charge < -0.3 is 15.0 Å². The predicted octanol–water partition coefficient (Wildman–Crippen LogP) is 3.35. The Morgan fingerprint density at radius 2 is 1.96 bits per heavy atom. The Labute approximate surface area is 172 Å². The van der Waals surface area contributed by atoms with Crippen molar-refractivity contribution in [3.05, 3.63) is 34.9 Å². The van der Waals surface area contributed by atoms with Crippen molar-refractivity contribution in [3.63, 3.8) is 0 Å². The van der Waals surface area contributed by atoms with E-state index in [2.05, 4.69) is 15.2 Å². The van der Waals surface area contributed by atoms with E-state index in [1.165, 1.54) is 5.56 Å². The minimum Gasteiger partial charge on any atom is -0.466 e. The van der Waals surface area contributed by atoms with E-state index in [0.29, 0.717) is 6.61 Å². The zero-order chi connectivity index (χ0) is 17.4. The Kier molecular flexibility index (Phi) is 10.2. The van der Waals surface area contributed by atoms with Gasteiger partial charge in [0, 0.05) is 31.7 Å². The van der Waals surface area contributed by atoms with E-state index in [1.54, 1.807) is 7.05 Å². The van der Waals surface area contributed by atoms with Crippen molar-refractivity contribution < 1.29 is 9.53 Å². The summed E-state index contributed by atoms with van der Waals surface area (Å²) in [4.78, 5) is 18.4. The highest BCUT2D eigenvalue weighted by Gasteiger charge is 2.27. The fourth-order valence-electron chi connectivity index (χ4n) is 2.89. The molecule has 1 aliphatic heterocycles. The number of aliphatic imine (C=N–C) groups is 1. The maximum absolute atomic E-state index is 11.8. The van der Waals surface area contributed by atoms with E-state index in [9.17, 15) is 4.79 Å². The quantitative estimate of drug-likeness (QED) is 0.305. The molecule has 5 nitrogen and oxygen atoms in total. The summed E-state index contributed by atoms with van der Waals surface area (Å²) in [5.41, 5.74) is 1.24. The standard InChI is InChI=1S/C18H26ClN3O2.HI/c1-3-24-17(23)15-9-12-22(13-10-15)18(20-2)21-11-8-14-4-6-16(19)7-5-14;/h4-7,15H,3,8-13H2,1-2H3,(H,20,21);1H. The first kappa shape index (κ1) is 22.0. The molecule has 1 heterocycles. The summed E-state index contributed by atoms with van der Waals surface area (Å²) in [6, 6.07) is 7.90. The second-order valence-corrected chi connectivity index (χ2v) is 6.30. The molecule has 1 aromatic carbocycles. The van der Waals surface area contributed by atoms with Crippen LogP contribution >= 0.6 is 35.6 Å². The van der Waals surface area contributed by atoms with Crippen molar-refractivity contribution in [2.24, 2.45) is 10.9 Å². The minimum atomic E-state index is -0.0668. The monoisotopic (exact) mass is 479 g/mol. The van der Waals surface area contributed by atoms with Crippen LogP contribution in [0.5, 0.6) is 0 Å². The number of hydrogen-bond donors (Lipinski definition) is 1. The SMILES string of the molecule is CCOC(=O)C1CCN(C(=NC)NCCc2ccc(Cl)cc2)CC1.I. The van der Waals surface area contributed by atoms with Crippen molar-refractivity contribution in [2.45, 2.75) is 26.2 Å². The van der Waals surface area contributed by atoms with Gasteiger partial charge in [0.1, 0.15) is 0 Å². The van der Waals surface area contributed by atoms with Gasteiger partial charge in [-0.2, -0.15) is 0 Å². The molecule has 140 valence electrons. The van der Waals surface area contributed by atoms with E-state index >= 15 is 0 Å². The molecule has 0 spiro atoms. The van der Waals surface area contributed by atoms with Crippen LogP contribution in [-0.4, -0.2) is 50.1 Å². The largest absolute Gasteiger partial charge is 0.466 e. The van der Waals surface area contributed by atoms with E-state index in [-0.39, 0.29) is 35.9 Å². The molecule has 0 unspecified atom stereocenters. The second-order valence-electron chi connectivity index (χ2n) is 5.86. The van der Waals surface area contributed by atoms with Gasteiger partial charge in [0.2, 0.25) is 0 Å². The first-order chi connectivity index (χ1) is 11.6. The van der Waals surface area contributed by atoms with Crippen LogP contribution < -0.4 is 5.32 Å². The van der Waals surface area contributed by atoms with Crippen molar-refractivity contribution >= 4 is 47.5 Å². The first-order valence-electron chi connectivity index (χ1n) is 8.50. The molecule has 2 rings (SSSR count). The lowest BCUT2D eigenvalue weighted by Crippen LogP contribution is -2.47. The van der Waals surface area contributed by atoms with Gasteiger partial charge in [-0.25, -0.2) is 0 Å². The topological polar surface area (TPSA) is 53.9 Å². The molecular weight excluding hydrogens is 453 g/mol. The van der Waals surface area contributed by atoms with Gasteiger partial charge in [-0.05, 0) is 43.9 Å². The number of nitrogens with zero attached hydrogens (tertiary/aromatic N) is 2. The minimum absolute atomic E-state index is 0. The summed E-state index contributed by atoms with van der Waals surface area (Å²) in [7, 11) is 1.79. The number of piperidine rings is 1. The van der Waals surface area contributed by atoms with Gasteiger partial charge in [0.05, 0.1) is 12.5 Å². The van der Waals surface area contributed by atoms with Gasteiger partial charge >= 0.3 is 5.97 Å². The van der Waals surface area contributed by atoms with Crippen molar-refractivity contribution in [1.29, 1.82) is 0 Å². The Hall–Kier alpha value is -1.02. The zero-order valence-corrected chi connectivity index (χ0v) is 17.9. The number of carbonyl (C=O) groups excluding carboxylic acids is 1. The zero-order valence-electron chi connectivity index (χ0n) is 14.8. The average Bonchev–Trinajstić information content (AvgIpc) is 2.61. The fraction of sp³-hybridized carbons (Fsp3) is 0.556. The van der Waals surface area contributed by atoms with Gasteiger partial charge in [-0.1, -0.05) is 23.7 Å². The first-order valence-corrected chi connectivity index (χ1v) is 8.88. The average molecular weight is 480 g/mol. The van der Waals surface area contributed by atoms with Crippen molar-refractivity contribution in [1.82, 2.24) is 10.2 Å². The van der Waals surface area contributed by atoms with Crippen molar-refractivity contribution in [2.75, 3.05) is 33.3 Å². The third kappa shape index (κ3) is 7.01. The van der Waals surface area contributed by atoms with E-state index < -0.39 is 0 Å². The molecule has 0 radical (unpaired) electrons. The van der Waals surface area contributed by atoms with Crippen LogP contribution in [0.25, 0.3) is 0 Å². The molecule has 0 bridgehead atoms. The molecule has 7 heteroatoms. The van der Waals surface area contributed by atoms with Gasteiger partial charge in [-0.3, -0.25) is 9.79 Å². The number of rotatable bonds is 5. The van der Waals surface area contributed by atoms with Crippen LogP contribution in [0, 0.1) is 5.92 Å². The number of esters is 1. The lowest BCUT2D eigenvalue weighted by molar-refractivity contribution is -0.149. The highest BCUT2D eigenvalue weighted by Crippen LogP contribution is 2.18. The predicted molar refractivity (Wildman–Crippen MR) is 113 cm³/mol. The normalized spacial score (nSPS) is 15.5. The summed E-state index contributed by atoms with van der Waals surface area (Å²) >= 11 is 5.90. The summed E-state index contributed by atoms with van der Waals surface area (Å²) in [5, 5.41) is 4.15. The lowest BCUT2D eigenvalue weighted by Gasteiger charge is -2.33. The lowest BCUT2D eigenvalue weighted by atomic mass is 9.97. The fourth-order valence-corrected chi connectivity index (χ4v) is 3.02. The third-order valence-corrected chi connectivity index (χ3v) is 4.49. The van der Waals surface area contributed by atoms with E-state index in [1.807, 2.05) is 31.2 Å². The van der Waals surface area contributed by atoms with Crippen LogP contribution in [0.2, 0.25) is 5.02 Å². The number of likely N-dealkylation sites (tertiary alicyclic amines) is 1. The molecular formula is C18H27ClIN3O2. The smallest absolute Gasteiger partial charge is 0.309 e. The van der Waals surface area contributed by atoms with Crippen LogP contribution in [0.4, 0.5) is 0 Å². The Bertz CT molecular complexity index is 558. The molecule has 1 aromatic rings. The summed E-state index contributed by atoms with van der Waals surface area (Å²) in [5.74, 6) is 0.850. The Morgan fingerprint density at radius 1 is 1.32 bits per heavy atom. The Balaban J connectivity index is 0.00000312. The molecule has 25 heavy (non-hydrogen) atoms. The summed E-state index contributed by atoms with van der Waals surface area (Å²) in [6.07, 6.45) is 2.54. The molecule has 1 fully saturated rings. The number of benzene rings is 1. The number of halogens is 2. The molecule has 0 aromatic heterocycles. The number of hydrogen-bond acceptors (Lipinski definition) is 3. The van der Waals surface area contributed by atoms with Crippen LogP contribution in [0.15, 0.2) is 29.3 Å². The molecule has 1 aliphatic rings. The molecule has 1 N–H and O–H groups in total. The number of guanidine groups is 1. The van der Waals surface area contributed by atoms with E-state index in [4.69, 9.17) is 16.3 Å². The highest BCUT2D eigenvalue weighted by molar-refractivity contribution is 14.0. The highest BCUT2D eigenvalue weighted by atomic mass is 127. The summed E-state index contributed by atoms with van der Waals surface area (Å²) in [6.45, 7) is 4.76. The molecule has 0 atom stereocenters. The molecule has 0 saturated carbocycles. The maximum atomic E-state index is 11.8. The van der Waals surface area contributed by atoms with Gasteiger partial charge in [-0.15, -0.1) is 24.0 Å². The Morgan fingerprint density at radius 3 is 2.52 bits per heavy atom. The van der Waals surface area contributed by atoms with Gasteiger partial charge in [0.25, 0.3) is 0 Å². The maximum Gasteiger partial charge on any atom is 0.309 e. The van der Waals surface area contributed by atoms with Crippen LogP contribution in [-0.2, 0) is 16.0 Å². The number of carbonyl (C=O) groups is 1. The van der Waals surface area contributed by atoms with Gasteiger partial charge in [0.15, 0.2) is 5.96 Å². The van der Waals surface area contributed by atoms with E-state index in [0.717, 1.165) is 49.9 Å². The molecule has 0 amide bonds. The summed E-state index contributed by atoms with van der Waals surface area (Å²) < 4.78 is 5.11. The third-order valence-electron chi connectivity index (χ3n) is 4.24. The second kappa shape index (κ2) is 11.6.